The fraction of sp³-hybridized carbons (Fsp3) is 0.818. The minimum absolute atomic E-state index is 0. The molecule has 0 bridgehead atoms. The van der Waals surface area contributed by atoms with Crippen LogP contribution in [0.5, 0.6) is 0 Å². The van der Waals surface area contributed by atoms with Crippen molar-refractivity contribution in [2.75, 3.05) is 0 Å². The molecule has 2 atom stereocenters. The van der Waals surface area contributed by atoms with E-state index < -0.39 is 0 Å². The molecule has 0 aromatic rings. The number of carbonyl (C=O) groups is 2. The normalized spacial score (nSPS) is 20.3. The predicted octanol–water partition coefficient (Wildman–Crippen LogP) is 5.22. The van der Waals surface area contributed by atoms with E-state index in [-0.39, 0.29) is 65.9 Å². The van der Waals surface area contributed by atoms with E-state index in [4.69, 9.17) is 0 Å². The van der Waals surface area contributed by atoms with Crippen molar-refractivity contribution < 1.29 is 31.3 Å². The second kappa shape index (κ2) is 16.6. The van der Waals surface area contributed by atoms with Crippen LogP contribution in [0.1, 0.15) is 98.3 Å². The van der Waals surface area contributed by atoms with Gasteiger partial charge in [0.2, 0.25) is 11.8 Å². The van der Waals surface area contributed by atoms with E-state index in [9.17, 15) is 9.59 Å². The van der Waals surface area contributed by atoms with Gasteiger partial charge in [0, 0.05) is 24.9 Å². The molecule has 158 valence electrons. The van der Waals surface area contributed by atoms with Gasteiger partial charge in [0.25, 0.3) is 0 Å². The minimum Gasteiger partial charge on any atom is -0.358 e. The zero-order valence-electron chi connectivity index (χ0n) is 18.7. The molecular formula is C22H44N2O2Ti. The zero-order valence-corrected chi connectivity index (χ0v) is 20.3. The third-order valence-corrected chi connectivity index (χ3v) is 5.42. The number of unbranched alkanes of at least 4 members (excludes halogenated alkanes) is 2. The molecule has 4 nitrogen and oxygen atoms in total. The van der Waals surface area contributed by atoms with Gasteiger partial charge in [0.15, 0.2) is 0 Å². The first-order valence-corrected chi connectivity index (χ1v) is 10.1. The molecular weight excluding hydrogens is 372 g/mol. The molecule has 0 saturated heterocycles. The molecule has 1 saturated carbocycles. The number of nitrogens with one attached hydrogen (secondary N) is 2. The second-order valence-electron chi connectivity index (χ2n) is 7.59. The van der Waals surface area contributed by atoms with Gasteiger partial charge in [-0.25, -0.2) is 0 Å². The van der Waals surface area contributed by atoms with Crippen LogP contribution < -0.4 is 10.6 Å². The van der Waals surface area contributed by atoms with E-state index in [0.717, 1.165) is 19.3 Å². The first kappa shape index (κ1) is 31.4. The molecule has 2 N–H and O–H groups in total. The summed E-state index contributed by atoms with van der Waals surface area (Å²) in [6, 6.07) is 0.393. The quantitative estimate of drug-likeness (QED) is 0.379. The molecule has 0 aromatic carbocycles. The average Bonchev–Trinajstić information content (AvgIpc) is 2.57. The molecule has 27 heavy (non-hydrogen) atoms. The number of hydrogen-bond acceptors (Lipinski definition) is 2. The fourth-order valence-electron chi connectivity index (χ4n) is 4.16. The standard InChI is InChI=1S/C20H38N2O2.2CH3.Ti/c1-5-9-11-20(12-10-6-2)14-16(21-18(23)7-3)13-17(15-20)22-19(24)8-4;;;/h16-17H,5-15H2,1-4H3,(H,21,23)(H,22,24);2*1H3;/q;2*-1;+2. The van der Waals surface area contributed by atoms with E-state index in [1.54, 1.807) is 0 Å². The topological polar surface area (TPSA) is 58.2 Å². The van der Waals surface area contributed by atoms with Gasteiger partial charge >= 0.3 is 21.7 Å². The Kier molecular flexibility index (Phi) is 19.3. The summed E-state index contributed by atoms with van der Waals surface area (Å²) in [5.41, 5.74) is 0.266. The summed E-state index contributed by atoms with van der Waals surface area (Å²) in [7, 11) is 0. The van der Waals surface area contributed by atoms with Crippen LogP contribution in [0.2, 0.25) is 0 Å². The molecule has 0 spiro atoms. The van der Waals surface area contributed by atoms with Crippen LogP contribution in [0.15, 0.2) is 0 Å². The van der Waals surface area contributed by atoms with Crippen LogP contribution in [0.25, 0.3) is 0 Å². The van der Waals surface area contributed by atoms with E-state index in [1.807, 2.05) is 13.8 Å². The van der Waals surface area contributed by atoms with E-state index in [0.29, 0.717) is 12.8 Å². The van der Waals surface area contributed by atoms with Crippen LogP contribution in [0, 0.1) is 20.3 Å². The van der Waals surface area contributed by atoms with Crippen molar-refractivity contribution >= 4 is 11.8 Å². The monoisotopic (exact) mass is 416 g/mol. The van der Waals surface area contributed by atoms with E-state index >= 15 is 0 Å². The van der Waals surface area contributed by atoms with Crippen molar-refractivity contribution in [2.45, 2.75) is 110 Å². The SMILES string of the molecule is CCCCC1(CCCC)CC(NC(=O)CC)CC(NC(=O)CC)C1.[CH3-].[CH3-].[Ti+2]. The number of carbonyl (C=O) groups excluding carboxylic acids is 2. The van der Waals surface area contributed by atoms with Gasteiger partial charge in [-0.2, -0.15) is 0 Å². The number of amides is 2. The largest absolute Gasteiger partial charge is 2.00 e. The molecule has 0 aliphatic heterocycles. The van der Waals surface area contributed by atoms with Gasteiger partial charge in [-0.3, -0.25) is 9.59 Å². The Bertz CT molecular complexity index is 366. The Morgan fingerprint density at radius 3 is 1.48 bits per heavy atom. The average molecular weight is 416 g/mol. The first-order valence-electron chi connectivity index (χ1n) is 10.1. The molecule has 5 heteroatoms. The van der Waals surface area contributed by atoms with Gasteiger partial charge < -0.3 is 25.5 Å². The molecule has 1 aliphatic rings. The number of rotatable bonds is 10. The minimum atomic E-state index is 0. The van der Waals surface area contributed by atoms with Gasteiger partial charge in [0.1, 0.15) is 0 Å². The van der Waals surface area contributed by atoms with Crippen molar-refractivity contribution in [1.82, 2.24) is 10.6 Å². The maximum Gasteiger partial charge on any atom is 2.00 e. The molecule has 1 aliphatic carbocycles. The maximum atomic E-state index is 11.9. The molecule has 1 fully saturated rings. The Morgan fingerprint density at radius 1 is 0.815 bits per heavy atom. The zero-order chi connectivity index (χ0) is 18.0. The van der Waals surface area contributed by atoms with Gasteiger partial charge in [-0.1, -0.05) is 53.4 Å². The summed E-state index contributed by atoms with van der Waals surface area (Å²) >= 11 is 0. The molecule has 2 amide bonds. The summed E-state index contributed by atoms with van der Waals surface area (Å²) in [4.78, 5) is 23.8. The summed E-state index contributed by atoms with van der Waals surface area (Å²) < 4.78 is 0. The van der Waals surface area contributed by atoms with Crippen LogP contribution in [0.4, 0.5) is 0 Å². The van der Waals surface area contributed by atoms with Gasteiger partial charge in [0.05, 0.1) is 0 Å². The Hall–Kier alpha value is -0.346. The third-order valence-electron chi connectivity index (χ3n) is 5.42. The van der Waals surface area contributed by atoms with Crippen molar-refractivity contribution in [3.05, 3.63) is 14.9 Å². The Labute approximate surface area is 184 Å². The van der Waals surface area contributed by atoms with Crippen molar-refractivity contribution in [2.24, 2.45) is 5.41 Å². The second-order valence-corrected chi connectivity index (χ2v) is 7.59. The Balaban J connectivity index is -0.00000192. The van der Waals surface area contributed by atoms with Gasteiger partial charge in [-0.15, -0.1) is 0 Å². The van der Waals surface area contributed by atoms with Crippen LogP contribution in [-0.4, -0.2) is 23.9 Å². The van der Waals surface area contributed by atoms with Crippen LogP contribution >= 0.6 is 0 Å². The molecule has 2 unspecified atom stereocenters. The third kappa shape index (κ3) is 11.3. The van der Waals surface area contributed by atoms with Crippen molar-refractivity contribution in [1.29, 1.82) is 0 Å². The summed E-state index contributed by atoms with van der Waals surface area (Å²) in [6.07, 6.45) is 11.3. The fourth-order valence-corrected chi connectivity index (χ4v) is 4.16. The maximum absolute atomic E-state index is 11.9. The molecule has 1 rings (SSSR count). The first-order chi connectivity index (χ1) is 11.5. The smallest absolute Gasteiger partial charge is 0.358 e. The number of hydrogen-bond donors (Lipinski definition) is 2. The summed E-state index contributed by atoms with van der Waals surface area (Å²) in [6.45, 7) is 8.28. The predicted molar refractivity (Wildman–Crippen MR) is 113 cm³/mol. The van der Waals surface area contributed by atoms with Crippen LogP contribution in [-0.2, 0) is 31.3 Å². The van der Waals surface area contributed by atoms with Gasteiger partial charge in [-0.05, 0) is 37.5 Å². The molecule has 0 radical (unpaired) electrons. The van der Waals surface area contributed by atoms with Crippen LogP contribution in [0.3, 0.4) is 0 Å². The summed E-state index contributed by atoms with van der Waals surface area (Å²) in [5.74, 6) is 0.254. The van der Waals surface area contributed by atoms with Crippen molar-refractivity contribution in [3.63, 3.8) is 0 Å². The summed E-state index contributed by atoms with van der Waals surface area (Å²) in [5, 5.41) is 6.41. The van der Waals surface area contributed by atoms with Crippen molar-refractivity contribution in [3.8, 4) is 0 Å². The molecule has 0 heterocycles. The van der Waals surface area contributed by atoms with E-state index in [1.165, 1.54) is 38.5 Å². The Morgan fingerprint density at radius 2 is 1.19 bits per heavy atom. The molecule has 0 aromatic heterocycles. The van der Waals surface area contributed by atoms with E-state index in [2.05, 4.69) is 24.5 Å².